The van der Waals surface area contributed by atoms with Crippen LogP contribution in [0.15, 0.2) is 255 Å². The van der Waals surface area contributed by atoms with Gasteiger partial charge in [-0.3, -0.25) is 0 Å². The van der Waals surface area contributed by atoms with Gasteiger partial charge in [-0.2, -0.15) is 0 Å². The van der Waals surface area contributed by atoms with Crippen LogP contribution >= 0.6 is 0 Å². The third-order valence-corrected chi connectivity index (χ3v) is 12.0. The van der Waals surface area contributed by atoms with Gasteiger partial charge in [-0.25, -0.2) is 0 Å². The molecule has 10 aromatic carbocycles. The van der Waals surface area contributed by atoms with Crippen molar-refractivity contribution in [3.8, 4) is 61.3 Å². The molecule has 0 aliphatic carbocycles. The van der Waals surface area contributed by atoms with Crippen LogP contribution in [-0.4, -0.2) is 4.57 Å². The minimum absolute atomic E-state index is 1.07. The van der Waals surface area contributed by atoms with Crippen LogP contribution in [0.1, 0.15) is 0 Å². The third-order valence-electron chi connectivity index (χ3n) is 12.0. The fraction of sp³-hybridized carbons (Fsp3) is 0. The molecule has 2 heteroatoms. The molecule has 11 aromatic rings. The molecule has 1 aromatic heterocycles. The molecular weight excluding hydrogens is 749 g/mol. The molecule has 1 heterocycles. The van der Waals surface area contributed by atoms with Gasteiger partial charge in [-0.05, 0) is 98.6 Å². The van der Waals surface area contributed by atoms with Gasteiger partial charge >= 0.3 is 0 Å². The Balaban J connectivity index is 1.17. The lowest BCUT2D eigenvalue weighted by atomic mass is 9.92. The Bertz CT molecular complexity index is 3300. The molecule has 0 amide bonds. The van der Waals surface area contributed by atoms with Gasteiger partial charge < -0.3 is 9.47 Å². The summed E-state index contributed by atoms with van der Waals surface area (Å²) in [6.45, 7) is 0. The van der Waals surface area contributed by atoms with Crippen LogP contribution in [0, 0.1) is 0 Å². The quantitative estimate of drug-likeness (QED) is 0.141. The van der Waals surface area contributed by atoms with Crippen LogP contribution < -0.4 is 4.90 Å². The number of hydrogen-bond donors (Lipinski definition) is 0. The van der Waals surface area contributed by atoms with Crippen molar-refractivity contribution in [2.24, 2.45) is 0 Å². The molecule has 0 fully saturated rings. The van der Waals surface area contributed by atoms with E-state index in [1.807, 2.05) is 0 Å². The first kappa shape index (κ1) is 36.8. The summed E-state index contributed by atoms with van der Waals surface area (Å²) in [5.74, 6) is 0. The van der Waals surface area contributed by atoms with Gasteiger partial charge in [0, 0.05) is 33.4 Å². The predicted molar refractivity (Wildman–Crippen MR) is 263 cm³/mol. The third kappa shape index (κ3) is 6.74. The molecule has 0 atom stereocenters. The first-order chi connectivity index (χ1) is 30.8. The Morgan fingerprint density at radius 2 is 0.774 bits per heavy atom. The van der Waals surface area contributed by atoms with E-state index in [1.165, 1.54) is 66.4 Å². The number of para-hydroxylation sites is 1. The van der Waals surface area contributed by atoms with Crippen molar-refractivity contribution in [1.82, 2.24) is 4.57 Å². The number of rotatable bonds is 9. The topological polar surface area (TPSA) is 8.17 Å². The van der Waals surface area contributed by atoms with Gasteiger partial charge in [0.1, 0.15) is 0 Å². The number of hydrogen-bond acceptors (Lipinski definition) is 1. The molecule has 0 aliphatic rings. The Kier molecular flexibility index (Phi) is 9.57. The number of fused-ring (bicyclic) bond motifs is 3. The summed E-state index contributed by atoms with van der Waals surface area (Å²) in [7, 11) is 0. The molecule has 62 heavy (non-hydrogen) atoms. The molecule has 0 radical (unpaired) electrons. The van der Waals surface area contributed by atoms with E-state index in [2.05, 4.69) is 264 Å². The van der Waals surface area contributed by atoms with E-state index in [4.69, 9.17) is 0 Å². The van der Waals surface area contributed by atoms with Crippen molar-refractivity contribution >= 4 is 38.9 Å². The van der Waals surface area contributed by atoms with E-state index in [0.717, 1.165) is 33.8 Å². The predicted octanol–water partition coefficient (Wildman–Crippen LogP) is 16.6. The number of benzene rings is 10. The zero-order chi connectivity index (χ0) is 41.2. The Morgan fingerprint density at radius 1 is 0.274 bits per heavy atom. The maximum atomic E-state index is 2.45. The summed E-state index contributed by atoms with van der Waals surface area (Å²) in [6.07, 6.45) is 0. The van der Waals surface area contributed by atoms with E-state index >= 15 is 0 Å². The zero-order valence-corrected chi connectivity index (χ0v) is 34.1. The Labute approximate surface area is 362 Å². The Morgan fingerprint density at radius 3 is 1.42 bits per heavy atom. The SMILES string of the molecule is c1ccc(-c2ccc(N(c3ccc4c5ccccc5n(-c5ccc(-c6ccccc6)c(-c6ccccc6)c5)c4c3)c3cccc(-c4ccccc4)c3-c3ccccc3)cc2)cc1. The van der Waals surface area contributed by atoms with Crippen molar-refractivity contribution in [3.05, 3.63) is 255 Å². The van der Waals surface area contributed by atoms with Crippen molar-refractivity contribution < 1.29 is 0 Å². The summed E-state index contributed by atoms with van der Waals surface area (Å²) >= 11 is 0. The average Bonchev–Trinajstić information content (AvgIpc) is 3.69. The smallest absolute Gasteiger partial charge is 0.0561 e. The summed E-state index contributed by atoms with van der Waals surface area (Å²) in [4.78, 5) is 2.44. The average molecular weight is 791 g/mol. The summed E-state index contributed by atoms with van der Waals surface area (Å²) < 4.78 is 2.45. The lowest BCUT2D eigenvalue weighted by Gasteiger charge is -2.29. The molecule has 0 spiro atoms. The maximum Gasteiger partial charge on any atom is 0.0561 e. The van der Waals surface area contributed by atoms with E-state index in [9.17, 15) is 0 Å². The van der Waals surface area contributed by atoms with Crippen LogP contribution in [0.3, 0.4) is 0 Å². The van der Waals surface area contributed by atoms with Gasteiger partial charge in [0.15, 0.2) is 0 Å². The van der Waals surface area contributed by atoms with Crippen LogP contribution in [0.2, 0.25) is 0 Å². The van der Waals surface area contributed by atoms with E-state index < -0.39 is 0 Å². The fourth-order valence-electron chi connectivity index (χ4n) is 9.13. The van der Waals surface area contributed by atoms with E-state index in [0.29, 0.717) is 0 Å². The van der Waals surface area contributed by atoms with Gasteiger partial charge in [0.25, 0.3) is 0 Å². The largest absolute Gasteiger partial charge is 0.310 e. The van der Waals surface area contributed by atoms with E-state index in [1.54, 1.807) is 0 Å². The maximum absolute atomic E-state index is 2.45. The Hall–Kier alpha value is -8.20. The first-order valence-electron chi connectivity index (χ1n) is 21.3. The highest BCUT2D eigenvalue weighted by Crippen LogP contribution is 2.47. The number of nitrogens with zero attached hydrogens (tertiary/aromatic N) is 2. The lowest BCUT2D eigenvalue weighted by Crippen LogP contribution is -2.12. The van der Waals surface area contributed by atoms with Crippen LogP contribution in [0.4, 0.5) is 17.1 Å². The van der Waals surface area contributed by atoms with E-state index in [-0.39, 0.29) is 0 Å². The minimum atomic E-state index is 1.07. The molecule has 0 aliphatic heterocycles. The number of aromatic nitrogens is 1. The molecule has 2 nitrogen and oxygen atoms in total. The normalized spacial score (nSPS) is 11.2. The van der Waals surface area contributed by atoms with Crippen molar-refractivity contribution in [2.75, 3.05) is 4.90 Å². The van der Waals surface area contributed by atoms with Gasteiger partial charge in [-0.15, -0.1) is 0 Å². The van der Waals surface area contributed by atoms with Crippen molar-refractivity contribution in [3.63, 3.8) is 0 Å². The monoisotopic (exact) mass is 790 g/mol. The van der Waals surface area contributed by atoms with Crippen LogP contribution in [0.25, 0.3) is 83.1 Å². The molecule has 0 unspecified atom stereocenters. The highest BCUT2D eigenvalue weighted by Gasteiger charge is 2.23. The summed E-state index contributed by atoms with van der Waals surface area (Å²) in [6, 6.07) is 92.2. The van der Waals surface area contributed by atoms with Crippen molar-refractivity contribution in [2.45, 2.75) is 0 Å². The van der Waals surface area contributed by atoms with Gasteiger partial charge in [0.2, 0.25) is 0 Å². The highest BCUT2D eigenvalue weighted by atomic mass is 15.1. The minimum Gasteiger partial charge on any atom is -0.310 e. The molecule has 292 valence electrons. The molecule has 0 bridgehead atoms. The molecule has 0 saturated heterocycles. The molecular formula is C60H42N2. The second-order valence-electron chi connectivity index (χ2n) is 15.7. The van der Waals surface area contributed by atoms with Crippen molar-refractivity contribution in [1.29, 1.82) is 0 Å². The molecule has 11 rings (SSSR count). The number of anilines is 3. The summed E-state index contributed by atoms with van der Waals surface area (Å²) in [5.41, 5.74) is 18.5. The first-order valence-corrected chi connectivity index (χ1v) is 21.3. The highest BCUT2D eigenvalue weighted by molar-refractivity contribution is 6.11. The lowest BCUT2D eigenvalue weighted by molar-refractivity contribution is 1.18. The second-order valence-corrected chi connectivity index (χ2v) is 15.7. The summed E-state index contributed by atoms with van der Waals surface area (Å²) in [5, 5.41) is 2.43. The zero-order valence-electron chi connectivity index (χ0n) is 34.1. The fourth-order valence-corrected chi connectivity index (χ4v) is 9.13. The van der Waals surface area contributed by atoms with Crippen LogP contribution in [0.5, 0.6) is 0 Å². The molecule has 0 N–H and O–H groups in total. The van der Waals surface area contributed by atoms with Gasteiger partial charge in [0.05, 0.1) is 16.7 Å². The second kappa shape index (κ2) is 16.1. The van der Waals surface area contributed by atoms with Gasteiger partial charge in [-0.1, -0.05) is 206 Å². The molecule has 0 saturated carbocycles. The standard InChI is InChI=1S/C60H42N2/c1-6-19-43(20-7-1)44-33-35-49(36-34-44)61(58-32-18-30-53(46-23-10-3-11-24-46)60(58)48-27-14-5-15-28-48)51-38-40-55-54-29-16-17-31-57(54)62(59(55)42-51)50-37-39-52(45-21-8-2-9-22-45)56(41-50)47-25-12-4-13-26-47/h1-42H. The van der Waals surface area contributed by atoms with Crippen LogP contribution in [-0.2, 0) is 0 Å².